The number of oxazole rings is 1. The van der Waals surface area contributed by atoms with E-state index in [-0.39, 0.29) is 60.4 Å². The zero-order chi connectivity index (χ0) is 29.1. The van der Waals surface area contributed by atoms with E-state index in [4.69, 9.17) is 19.0 Å². The Morgan fingerprint density at radius 2 is 1.83 bits per heavy atom. The number of halogens is 4. The number of benzene rings is 2. The minimum absolute atomic E-state index is 0.0499. The fraction of sp³-hybridized carbons (Fsp3) is 0.269. The maximum atomic E-state index is 13.9. The van der Waals surface area contributed by atoms with Crippen molar-refractivity contribution in [2.45, 2.75) is 25.1 Å². The number of likely N-dealkylation sites (tertiary alicyclic amines) is 1. The van der Waals surface area contributed by atoms with Crippen LogP contribution in [0, 0.1) is 5.82 Å². The number of alkyl halides is 3. The van der Waals surface area contributed by atoms with Crippen molar-refractivity contribution in [2.75, 3.05) is 19.7 Å². The fourth-order valence-corrected chi connectivity index (χ4v) is 4.13. The SMILES string of the molecule is O=C(O)OC1CCN(C(=O)COc2ccc(-c3nc4cnc(Oc5ccccc5F)nc4o3)cc2C(F)(F)F)CC1. The predicted molar refractivity (Wildman–Crippen MR) is 131 cm³/mol. The molecule has 1 aliphatic rings. The van der Waals surface area contributed by atoms with E-state index in [1.807, 2.05) is 0 Å². The molecule has 2 aromatic carbocycles. The highest BCUT2D eigenvalue weighted by molar-refractivity contribution is 5.78. The van der Waals surface area contributed by atoms with Crippen LogP contribution in [-0.4, -0.2) is 62.8 Å². The van der Waals surface area contributed by atoms with Gasteiger partial charge in [0.05, 0.1) is 11.8 Å². The smallest absolute Gasteiger partial charge is 0.483 e. The van der Waals surface area contributed by atoms with Gasteiger partial charge in [-0.3, -0.25) is 4.79 Å². The van der Waals surface area contributed by atoms with Gasteiger partial charge in [-0.05, 0) is 30.3 Å². The monoisotopic (exact) mass is 576 g/mol. The second-order valence-corrected chi connectivity index (χ2v) is 8.86. The number of hydrogen-bond donors (Lipinski definition) is 1. The van der Waals surface area contributed by atoms with Crippen LogP contribution in [0.3, 0.4) is 0 Å². The summed E-state index contributed by atoms with van der Waals surface area (Å²) >= 11 is 0. The van der Waals surface area contributed by atoms with Crippen LogP contribution < -0.4 is 9.47 Å². The molecule has 0 bridgehead atoms. The molecule has 4 aromatic rings. The number of ether oxygens (including phenoxy) is 3. The van der Waals surface area contributed by atoms with E-state index >= 15 is 0 Å². The van der Waals surface area contributed by atoms with E-state index < -0.39 is 48.1 Å². The first kappa shape index (κ1) is 27.6. The third-order valence-electron chi connectivity index (χ3n) is 6.11. The summed E-state index contributed by atoms with van der Waals surface area (Å²) in [6.45, 7) is -0.298. The van der Waals surface area contributed by atoms with Crippen LogP contribution in [-0.2, 0) is 15.7 Å². The van der Waals surface area contributed by atoms with Crippen molar-refractivity contribution in [3.8, 4) is 29.0 Å². The van der Waals surface area contributed by atoms with Gasteiger partial charge in [0, 0.05) is 31.5 Å². The molecule has 0 saturated carbocycles. The van der Waals surface area contributed by atoms with Crippen molar-refractivity contribution in [2.24, 2.45) is 0 Å². The van der Waals surface area contributed by atoms with Gasteiger partial charge >= 0.3 is 18.3 Å². The lowest BCUT2D eigenvalue weighted by atomic mass is 10.1. The number of aromatic nitrogens is 3. The van der Waals surface area contributed by atoms with Gasteiger partial charge in [-0.15, -0.1) is 0 Å². The van der Waals surface area contributed by atoms with Crippen LogP contribution in [0.2, 0.25) is 0 Å². The van der Waals surface area contributed by atoms with E-state index in [2.05, 4.69) is 19.7 Å². The molecule has 1 aliphatic heterocycles. The Bertz CT molecular complexity index is 1590. The molecule has 2 aromatic heterocycles. The minimum Gasteiger partial charge on any atom is -0.483 e. The van der Waals surface area contributed by atoms with Gasteiger partial charge in [-0.1, -0.05) is 12.1 Å². The van der Waals surface area contributed by atoms with Gasteiger partial charge in [0.2, 0.25) is 5.89 Å². The molecular formula is C26H20F4N4O7. The number of piperidine rings is 1. The van der Waals surface area contributed by atoms with Crippen molar-refractivity contribution in [1.82, 2.24) is 19.9 Å². The predicted octanol–water partition coefficient (Wildman–Crippen LogP) is 5.30. The quantitative estimate of drug-likeness (QED) is 0.228. The van der Waals surface area contributed by atoms with Crippen LogP contribution >= 0.6 is 0 Å². The number of carboxylic acid groups (broad SMARTS) is 1. The van der Waals surface area contributed by atoms with Crippen molar-refractivity contribution >= 4 is 23.3 Å². The van der Waals surface area contributed by atoms with Crippen molar-refractivity contribution < 1.29 is 50.9 Å². The highest BCUT2D eigenvalue weighted by Gasteiger charge is 2.36. The lowest BCUT2D eigenvalue weighted by molar-refractivity contribution is -0.141. The summed E-state index contributed by atoms with van der Waals surface area (Å²) in [5.74, 6) is -2.10. The van der Waals surface area contributed by atoms with Crippen LogP contribution in [0.5, 0.6) is 17.5 Å². The van der Waals surface area contributed by atoms with E-state index in [9.17, 15) is 27.2 Å². The Morgan fingerprint density at radius 3 is 2.54 bits per heavy atom. The first-order valence-corrected chi connectivity index (χ1v) is 12.1. The summed E-state index contributed by atoms with van der Waals surface area (Å²) < 4.78 is 76.4. The summed E-state index contributed by atoms with van der Waals surface area (Å²) in [6.07, 6.45) is -5.04. The molecule has 11 nitrogen and oxygen atoms in total. The van der Waals surface area contributed by atoms with Crippen molar-refractivity contribution in [3.05, 3.63) is 60.0 Å². The first-order valence-electron chi connectivity index (χ1n) is 12.1. The summed E-state index contributed by atoms with van der Waals surface area (Å²) in [6, 6.07) is 8.41. The molecule has 3 heterocycles. The largest absolute Gasteiger partial charge is 0.506 e. The zero-order valence-corrected chi connectivity index (χ0v) is 20.9. The van der Waals surface area contributed by atoms with Gasteiger partial charge in [0.15, 0.2) is 18.2 Å². The van der Waals surface area contributed by atoms with E-state index in [0.717, 1.165) is 12.1 Å². The Balaban J connectivity index is 1.30. The van der Waals surface area contributed by atoms with Gasteiger partial charge < -0.3 is 28.6 Å². The van der Waals surface area contributed by atoms with Crippen LogP contribution in [0.15, 0.2) is 53.1 Å². The molecule has 41 heavy (non-hydrogen) atoms. The molecule has 0 spiro atoms. The lowest BCUT2D eigenvalue weighted by Crippen LogP contribution is -2.43. The molecule has 1 amide bonds. The fourth-order valence-electron chi connectivity index (χ4n) is 4.13. The number of amides is 1. The molecule has 0 atom stereocenters. The maximum absolute atomic E-state index is 13.9. The Kier molecular flexibility index (Phi) is 7.59. The first-order chi connectivity index (χ1) is 19.6. The average molecular weight is 576 g/mol. The summed E-state index contributed by atoms with van der Waals surface area (Å²) in [4.78, 5) is 36.6. The molecule has 214 valence electrons. The van der Waals surface area contributed by atoms with E-state index in [0.29, 0.717) is 0 Å². The van der Waals surface area contributed by atoms with E-state index in [1.54, 1.807) is 6.07 Å². The molecule has 0 radical (unpaired) electrons. The van der Waals surface area contributed by atoms with Crippen LogP contribution in [0.4, 0.5) is 22.4 Å². The highest BCUT2D eigenvalue weighted by atomic mass is 19.4. The van der Waals surface area contributed by atoms with Gasteiger partial charge in [-0.25, -0.2) is 19.2 Å². The third kappa shape index (κ3) is 6.45. The standard InChI is InChI=1S/C26H20F4N4O7/c27-17-3-1-2-4-20(17)40-24-31-12-18-23(33-24)41-22(32-18)14-5-6-19(16(11-14)26(28,29)30)38-13-21(35)34-9-7-15(8-10-34)39-25(36)37/h1-6,11-12,15H,7-10,13H2,(H,36,37). The molecule has 0 unspecified atom stereocenters. The van der Waals surface area contributed by atoms with Gasteiger partial charge in [-0.2, -0.15) is 18.2 Å². The number of fused-ring (bicyclic) bond motifs is 1. The Morgan fingerprint density at radius 1 is 1.07 bits per heavy atom. The van der Waals surface area contributed by atoms with Crippen LogP contribution in [0.1, 0.15) is 18.4 Å². The Labute approximate surface area is 228 Å². The number of rotatable bonds is 7. The van der Waals surface area contributed by atoms with Gasteiger partial charge in [0.25, 0.3) is 11.6 Å². The lowest BCUT2D eigenvalue weighted by Gasteiger charge is -2.31. The molecule has 15 heteroatoms. The summed E-state index contributed by atoms with van der Waals surface area (Å²) in [7, 11) is 0. The number of para-hydroxylation sites is 1. The highest BCUT2D eigenvalue weighted by Crippen LogP contribution is 2.39. The number of nitrogens with zero attached hydrogens (tertiary/aromatic N) is 4. The molecule has 0 aliphatic carbocycles. The maximum Gasteiger partial charge on any atom is 0.506 e. The third-order valence-corrected chi connectivity index (χ3v) is 6.11. The van der Waals surface area contributed by atoms with E-state index in [1.165, 1.54) is 35.4 Å². The van der Waals surface area contributed by atoms with Crippen LogP contribution in [0.25, 0.3) is 22.7 Å². The number of carbonyl (C=O) groups is 2. The summed E-state index contributed by atoms with van der Waals surface area (Å²) in [5.41, 5.74) is -1.18. The second kappa shape index (κ2) is 11.3. The number of hydrogen-bond acceptors (Lipinski definition) is 9. The minimum atomic E-state index is -4.84. The second-order valence-electron chi connectivity index (χ2n) is 8.86. The molecule has 1 fully saturated rings. The van der Waals surface area contributed by atoms with Crippen molar-refractivity contribution in [1.29, 1.82) is 0 Å². The number of carbonyl (C=O) groups excluding carboxylic acids is 1. The Hall–Kier alpha value is -4.95. The van der Waals surface area contributed by atoms with Crippen molar-refractivity contribution in [3.63, 3.8) is 0 Å². The summed E-state index contributed by atoms with van der Waals surface area (Å²) in [5, 5.41) is 8.69. The molecular weight excluding hydrogens is 556 g/mol. The molecule has 1 saturated heterocycles. The zero-order valence-electron chi connectivity index (χ0n) is 20.9. The van der Waals surface area contributed by atoms with Gasteiger partial charge in [0.1, 0.15) is 17.4 Å². The topological polar surface area (TPSA) is 137 Å². The average Bonchev–Trinajstić information content (AvgIpc) is 3.36. The molecule has 1 N–H and O–H groups in total. The molecule has 5 rings (SSSR count). The normalized spacial score (nSPS) is 14.2.